The number of aryl methyl sites for hydroxylation is 2. The number of carbonyl (C=O) groups excluding carboxylic acids is 2. The van der Waals surface area contributed by atoms with Crippen LogP contribution in [-0.4, -0.2) is 23.0 Å². The van der Waals surface area contributed by atoms with Crippen molar-refractivity contribution < 1.29 is 14.3 Å². The van der Waals surface area contributed by atoms with Gasteiger partial charge in [0.1, 0.15) is 10.7 Å². The molecule has 1 unspecified atom stereocenters. The van der Waals surface area contributed by atoms with Gasteiger partial charge in [-0.2, -0.15) is 0 Å². The molecule has 7 heteroatoms. The quantitative estimate of drug-likeness (QED) is 0.836. The topological polar surface area (TPSA) is 68.3 Å². The van der Waals surface area contributed by atoms with Gasteiger partial charge in [0.2, 0.25) is 0 Å². The Hall–Kier alpha value is -1.92. The van der Waals surface area contributed by atoms with Crippen LogP contribution in [0.5, 0.6) is 0 Å². The van der Waals surface area contributed by atoms with Crippen molar-refractivity contribution in [3.8, 4) is 0 Å². The number of nitrogens with one attached hydrogen (secondary N) is 1. The maximum absolute atomic E-state index is 12.2. The van der Waals surface area contributed by atoms with Crippen LogP contribution in [0, 0.1) is 0 Å². The Bertz CT molecular complexity index is 734. The van der Waals surface area contributed by atoms with Crippen molar-refractivity contribution >= 4 is 40.6 Å². The lowest BCUT2D eigenvalue weighted by Gasteiger charge is -2.12. The van der Waals surface area contributed by atoms with Gasteiger partial charge in [-0.25, -0.2) is 9.78 Å². The SMILES string of the molecule is CC(OC(=O)c1cc2c(s1)CCCC2)C(=O)Nc1ccc(Cl)cn1. The molecule has 2 aromatic heterocycles. The molecule has 0 aromatic carbocycles. The summed E-state index contributed by atoms with van der Waals surface area (Å²) in [6.45, 7) is 1.54. The van der Waals surface area contributed by atoms with Crippen LogP contribution in [0.25, 0.3) is 0 Å². The van der Waals surface area contributed by atoms with Crippen LogP contribution in [0.1, 0.15) is 39.9 Å². The smallest absolute Gasteiger partial charge is 0.349 e. The molecule has 0 aliphatic heterocycles. The van der Waals surface area contributed by atoms with Gasteiger partial charge in [0.25, 0.3) is 5.91 Å². The first-order valence-corrected chi connectivity index (χ1v) is 8.97. The van der Waals surface area contributed by atoms with Gasteiger partial charge in [-0.3, -0.25) is 4.79 Å². The summed E-state index contributed by atoms with van der Waals surface area (Å²) in [5, 5.41) is 3.07. The molecule has 24 heavy (non-hydrogen) atoms. The van der Waals surface area contributed by atoms with Gasteiger partial charge in [-0.1, -0.05) is 11.6 Å². The number of rotatable bonds is 4. The Kier molecular flexibility index (Phi) is 5.16. The molecular formula is C17H17ClN2O3S. The fourth-order valence-electron chi connectivity index (χ4n) is 2.54. The van der Waals surface area contributed by atoms with Crippen LogP contribution in [0.3, 0.4) is 0 Å². The largest absolute Gasteiger partial charge is 0.448 e. The summed E-state index contributed by atoms with van der Waals surface area (Å²) in [6, 6.07) is 5.10. The van der Waals surface area contributed by atoms with Crippen molar-refractivity contribution in [2.24, 2.45) is 0 Å². The number of pyridine rings is 1. The first-order valence-electron chi connectivity index (χ1n) is 7.78. The maximum Gasteiger partial charge on any atom is 0.349 e. The molecule has 0 radical (unpaired) electrons. The highest BCUT2D eigenvalue weighted by molar-refractivity contribution is 7.14. The number of fused-ring (bicyclic) bond motifs is 1. The Morgan fingerprint density at radius 3 is 2.83 bits per heavy atom. The Labute approximate surface area is 149 Å². The molecule has 0 saturated carbocycles. The number of anilines is 1. The van der Waals surface area contributed by atoms with E-state index in [0.29, 0.717) is 15.7 Å². The van der Waals surface area contributed by atoms with E-state index in [1.54, 1.807) is 12.1 Å². The van der Waals surface area contributed by atoms with Gasteiger partial charge >= 0.3 is 5.97 Å². The van der Waals surface area contributed by atoms with E-state index < -0.39 is 18.0 Å². The van der Waals surface area contributed by atoms with Gasteiger partial charge in [0.15, 0.2) is 6.10 Å². The second kappa shape index (κ2) is 7.32. The summed E-state index contributed by atoms with van der Waals surface area (Å²) in [5.41, 5.74) is 1.24. The number of nitrogens with zero attached hydrogens (tertiary/aromatic N) is 1. The third kappa shape index (κ3) is 3.94. The molecule has 1 aliphatic rings. The normalized spacial score (nSPS) is 14.6. The number of thiophene rings is 1. The van der Waals surface area contributed by atoms with E-state index in [0.717, 1.165) is 25.7 Å². The third-order valence-corrected chi connectivity index (χ3v) is 5.27. The third-order valence-electron chi connectivity index (χ3n) is 3.83. The van der Waals surface area contributed by atoms with Gasteiger partial charge in [0.05, 0.1) is 5.02 Å². The number of hydrogen-bond donors (Lipinski definition) is 1. The van der Waals surface area contributed by atoms with E-state index >= 15 is 0 Å². The summed E-state index contributed by atoms with van der Waals surface area (Å²) in [7, 11) is 0. The number of aromatic nitrogens is 1. The standard InChI is InChI=1S/C17H17ClN2O3S/c1-10(16(21)20-15-7-6-12(18)9-19-15)23-17(22)14-8-11-4-2-3-5-13(11)24-14/h6-10H,2-5H2,1H3,(H,19,20,21). The second-order valence-corrected chi connectivity index (χ2v) is 7.24. The van der Waals surface area contributed by atoms with Gasteiger partial charge in [-0.15, -0.1) is 11.3 Å². The minimum absolute atomic E-state index is 0.360. The van der Waals surface area contributed by atoms with E-state index in [1.165, 1.54) is 34.9 Å². The molecule has 1 amide bonds. The number of halogens is 1. The molecule has 2 heterocycles. The van der Waals surface area contributed by atoms with E-state index in [4.69, 9.17) is 16.3 Å². The van der Waals surface area contributed by atoms with Crippen molar-refractivity contribution in [2.75, 3.05) is 5.32 Å². The predicted molar refractivity (Wildman–Crippen MR) is 93.7 cm³/mol. The molecule has 1 N–H and O–H groups in total. The van der Waals surface area contributed by atoms with Crippen LogP contribution in [0.2, 0.25) is 5.02 Å². The Morgan fingerprint density at radius 1 is 1.33 bits per heavy atom. The van der Waals surface area contributed by atoms with E-state index in [-0.39, 0.29) is 0 Å². The minimum Gasteiger partial charge on any atom is -0.448 e. The van der Waals surface area contributed by atoms with Crippen molar-refractivity contribution in [3.63, 3.8) is 0 Å². The molecule has 1 aliphatic carbocycles. The van der Waals surface area contributed by atoms with Crippen LogP contribution in [0.4, 0.5) is 5.82 Å². The minimum atomic E-state index is -0.908. The predicted octanol–water partition coefficient (Wildman–Crippen LogP) is 3.86. The Morgan fingerprint density at radius 2 is 2.12 bits per heavy atom. The summed E-state index contributed by atoms with van der Waals surface area (Å²) < 4.78 is 5.28. The number of hydrogen-bond acceptors (Lipinski definition) is 5. The first-order chi connectivity index (χ1) is 11.5. The number of ether oxygens (including phenoxy) is 1. The Balaban J connectivity index is 1.60. The zero-order valence-corrected chi connectivity index (χ0v) is 14.7. The lowest BCUT2D eigenvalue weighted by Crippen LogP contribution is -2.30. The fraction of sp³-hybridized carbons (Fsp3) is 0.353. The van der Waals surface area contributed by atoms with E-state index in [9.17, 15) is 9.59 Å². The maximum atomic E-state index is 12.2. The zero-order chi connectivity index (χ0) is 17.1. The lowest BCUT2D eigenvalue weighted by atomic mass is 9.99. The summed E-state index contributed by atoms with van der Waals surface area (Å²) in [4.78, 5) is 30.2. The highest BCUT2D eigenvalue weighted by Crippen LogP contribution is 2.30. The van der Waals surface area contributed by atoms with Crippen LogP contribution >= 0.6 is 22.9 Å². The van der Waals surface area contributed by atoms with Gasteiger partial charge < -0.3 is 10.1 Å². The number of esters is 1. The molecule has 0 bridgehead atoms. The molecule has 2 aromatic rings. The molecule has 126 valence electrons. The molecule has 1 atom stereocenters. The number of carbonyl (C=O) groups is 2. The summed E-state index contributed by atoms with van der Waals surface area (Å²) in [5.74, 6) is -0.528. The molecule has 0 fully saturated rings. The molecule has 3 rings (SSSR count). The lowest BCUT2D eigenvalue weighted by molar-refractivity contribution is -0.123. The van der Waals surface area contributed by atoms with Gasteiger partial charge in [-0.05, 0) is 56.4 Å². The van der Waals surface area contributed by atoms with Crippen LogP contribution < -0.4 is 5.32 Å². The average molecular weight is 365 g/mol. The first kappa shape index (κ1) is 16.9. The summed E-state index contributed by atoms with van der Waals surface area (Å²) >= 11 is 7.22. The zero-order valence-electron chi connectivity index (χ0n) is 13.2. The van der Waals surface area contributed by atoms with Crippen LogP contribution in [-0.2, 0) is 22.4 Å². The van der Waals surface area contributed by atoms with Gasteiger partial charge in [0, 0.05) is 11.1 Å². The average Bonchev–Trinajstić information content (AvgIpc) is 3.01. The van der Waals surface area contributed by atoms with Crippen LogP contribution in [0.15, 0.2) is 24.4 Å². The second-order valence-electron chi connectivity index (χ2n) is 5.66. The fourth-order valence-corrected chi connectivity index (χ4v) is 3.79. The molecule has 0 spiro atoms. The number of amides is 1. The van der Waals surface area contributed by atoms with E-state index in [1.807, 2.05) is 6.07 Å². The highest BCUT2D eigenvalue weighted by Gasteiger charge is 2.23. The molecule has 5 nitrogen and oxygen atoms in total. The monoisotopic (exact) mass is 364 g/mol. The van der Waals surface area contributed by atoms with Crippen molar-refractivity contribution in [1.29, 1.82) is 0 Å². The molecular weight excluding hydrogens is 348 g/mol. The highest BCUT2D eigenvalue weighted by atomic mass is 35.5. The summed E-state index contributed by atoms with van der Waals surface area (Å²) in [6.07, 6.45) is 4.88. The van der Waals surface area contributed by atoms with Crippen molar-refractivity contribution in [1.82, 2.24) is 4.98 Å². The molecule has 0 saturated heterocycles. The van der Waals surface area contributed by atoms with Crippen molar-refractivity contribution in [3.05, 3.63) is 44.7 Å². The van der Waals surface area contributed by atoms with Crippen molar-refractivity contribution in [2.45, 2.75) is 38.7 Å². The van der Waals surface area contributed by atoms with E-state index in [2.05, 4.69) is 10.3 Å².